The molecule has 1 amide bonds. The van der Waals surface area contributed by atoms with Crippen LogP contribution in [0, 0.1) is 0 Å². The molecule has 0 unspecified atom stereocenters. The SMILES string of the molecule is O=C1[C@@H](NCc2ccccc2O)CCN1Cc1ccccc1. The van der Waals surface area contributed by atoms with E-state index in [9.17, 15) is 9.90 Å². The number of hydrogen-bond donors (Lipinski definition) is 2. The van der Waals surface area contributed by atoms with Crippen LogP contribution in [0.1, 0.15) is 17.5 Å². The van der Waals surface area contributed by atoms with E-state index in [0.717, 1.165) is 24.1 Å². The van der Waals surface area contributed by atoms with E-state index in [1.165, 1.54) is 0 Å². The Morgan fingerprint density at radius 1 is 1.09 bits per heavy atom. The normalized spacial score (nSPS) is 17.9. The van der Waals surface area contributed by atoms with Crippen molar-refractivity contribution < 1.29 is 9.90 Å². The van der Waals surface area contributed by atoms with E-state index >= 15 is 0 Å². The fourth-order valence-corrected chi connectivity index (χ4v) is 2.78. The number of carbonyl (C=O) groups excluding carboxylic acids is 1. The van der Waals surface area contributed by atoms with E-state index in [0.29, 0.717) is 13.1 Å². The first-order valence-corrected chi connectivity index (χ1v) is 7.57. The summed E-state index contributed by atoms with van der Waals surface area (Å²) in [5.41, 5.74) is 1.97. The molecule has 1 aliphatic heterocycles. The molecule has 0 radical (unpaired) electrons. The second kappa shape index (κ2) is 6.62. The predicted molar refractivity (Wildman–Crippen MR) is 85.2 cm³/mol. The van der Waals surface area contributed by atoms with Crippen LogP contribution in [0.15, 0.2) is 54.6 Å². The van der Waals surface area contributed by atoms with E-state index in [4.69, 9.17) is 0 Å². The van der Waals surface area contributed by atoms with Crippen molar-refractivity contribution in [3.63, 3.8) is 0 Å². The highest BCUT2D eigenvalue weighted by atomic mass is 16.3. The standard InChI is InChI=1S/C18H20N2O2/c21-17-9-5-4-8-15(17)12-19-16-10-11-20(18(16)22)13-14-6-2-1-3-7-14/h1-9,16,19,21H,10-13H2/t16-/m0/s1. The Morgan fingerprint density at radius 3 is 2.59 bits per heavy atom. The molecule has 0 aromatic heterocycles. The molecule has 1 saturated heterocycles. The maximum absolute atomic E-state index is 12.4. The number of phenols is 1. The zero-order valence-corrected chi connectivity index (χ0v) is 12.4. The Morgan fingerprint density at radius 2 is 1.82 bits per heavy atom. The first kappa shape index (κ1) is 14.6. The van der Waals surface area contributed by atoms with Crippen LogP contribution in [-0.2, 0) is 17.9 Å². The number of nitrogens with zero attached hydrogens (tertiary/aromatic N) is 1. The second-order valence-corrected chi connectivity index (χ2v) is 5.60. The van der Waals surface area contributed by atoms with Gasteiger partial charge in [0.2, 0.25) is 5.91 Å². The van der Waals surface area contributed by atoms with Crippen LogP contribution < -0.4 is 5.32 Å². The van der Waals surface area contributed by atoms with E-state index in [-0.39, 0.29) is 17.7 Å². The molecule has 1 aliphatic rings. The van der Waals surface area contributed by atoms with Crippen molar-refractivity contribution in [1.29, 1.82) is 0 Å². The van der Waals surface area contributed by atoms with Gasteiger partial charge in [0.1, 0.15) is 5.75 Å². The lowest BCUT2D eigenvalue weighted by molar-refractivity contribution is -0.129. The maximum atomic E-state index is 12.4. The van der Waals surface area contributed by atoms with Crippen LogP contribution >= 0.6 is 0 Å². The van der Waals surface area contributed by atoms with E-state index in [2.05, 4.69) is 5.32 Å². The Labute approximate surface area is 130 Å². The number of benzene rings is 2. The summed E-state index contributed by atoms with van der Waals surface area (Å²) in [7, 11) is 0. The van der Waals surface area contributed by atoms with Gasteiger partial charge >= 0.3 is 0 Å². The molecule has 0 saturated carbocycles. The van der Waals surface area contributed by atoms with Crippen LogP contribution in [0.2, 0.25) is 0 Å². The average molecular weight is 296 g/mol. The second-order valence-electron chi connectivity index (χ2n) is 5.60. The Kier molecular flexibility index (Phi) is 4.39. The summed E-state index contributed by atoms with van der Waals surface area (Å²) in [6, 6.07) is 17.1. The fourth-order valence-electron chi connectivity index (χ4n) is 2.78. The predicted octanol–water partition coefficient (Wildman–Crippen LogP) is 2.28. The molecule has 2 aromatic rings. The molecule has 3 rings (SSSR count). The molecular formula is C18H20N2O2. The van der Waals surface area contributed by atoms with Crippen molar-refractivity contribution in [1.82, 2.24) is 10.2 Å². The van der Waals surface area contributed by atoms with Gasteiger partial charge in [0.15, 0.2) is 0 Å². The molecule has 2 aromatic carbocycles. The van der Waals surface area contributed by atoms with Gasteiger partial charge in [-0.05, 0) is 18.1 Å². The zero-order chi connectivity index (χ0) is 15.4. The highest BCUT2D eigenvalue weighted by molar-refractivity contribution is 5.83. The van der Waals surface area contributed by atoms with E-state index < -0.39 is 0 Å². The maximum Gasteiger partial charge on any atom is 0.240 e. The number of hydrogen-bond acceptors (Lipinski definition) is 3. The first-order chi connectivity index (χ1) is 10.7. The summed E-state index contributed by atoms with van der Waals surface area (Å²) in [5.74, 6) is 0.404. The molecule has 0 aliphatic carbocycles. The molecule has 114 valence electrons. The monoisotopic (exact) mass is 296 g/mol. The summed E-state index contributed by atoms with van der Waals surface area (Å²) in [6.45, 7) is 1.93. The zero-order valence-electron chi connectivity index (χ0n) is 12.4. The number of rotatable bonds is 5. The minimum absolute atomic E-state index is 0.138. The van der Waals surface area contributed by atoms with Crippen LogP contribution in [0.3, 0.4) is 0 Å². The molecule has 2 N–H and O–H groups in total. The minimum atomic E-state index is -0.164. The molecule has 1 heterocycles. The summed E-state index contributed by atoms with van der Waals surface area (Å²) in [4.78, 5) is 14.3. The van der Waals surface area contributed by atoms with Crippen molar-refractivity contribution in [3.05, 3.63) is 65.7 Å². The van der Waals surface area contributed by atoms with Crippen molar-refractivity contribution in [2.75, 3.05) is 6.54 Å². The third-order valence-electron chi connectivity index (χ3n) is 4.04. The number of likely N-dealkylation sites (tertiary alicyclic amines) is 1. The molecule has 4 heteroatoms. The van der Waals surface area contributed by atoms with Gasteiger partial charge in [-0.2, -0.15) is 0 Å². The van der Waals surface area contributed by atoms with Gasteiger partial charge in [0.05, 0.1) is 6.04 Å². The third kappa shape index (κ3) is 3.28. The summed E-state index contributed by atoms with van der Waals surface area (Å²) in [6.07, 6.45) is 0.805. The summed E-state index contributed by atoms with van der Waals surface area (Å²) >= 11 is 0. The van der Waals surface area contributed by atoms with Gasteiger partial charge in [-0.1, -0.05) is 48.5 Å². The molecule has 1 fully saturated rings. The molecule has 0 spiro atoms. The molecule has 0 bridgehead atoms. The van der Waals surface area contributed by atoms with Crippen molar-refractivity contribution in [3.8, 4) is 5.75 Å². The average Bonchev–Trinajstić information content (AvgIpc) is 2.88. The van der Waals surface area contributed by atoms with Crippen LogP contribution in [-0.4, -0.2) is 28.5 Å². The Balaban J connectivity index is 1.56. The van der Waals surface area contributed by atoms with Gasteiger partial charge in [-0.25, -0.2) is 0 Å². The van der Waals surface area contributed by atoms with Gasteiger partial charge < -0.3 is 15.3 Å². The quantitative estimate of drug-likeness (QED) is 0.890. The van der Waals surface area contributed by atoms with Gasteiger partial charge in [0, 0.05) is 25.2 Å². The molecule has 1 atom stereocenters. The molecule has 22 heavy (non-hydrogen) atoms. The van der Waals surface area contributed by atoms with Crippen LogP contribution in [0.25, 0.3) is 0 Å². The van der Waals surface area contributed by atoms with Crippen LogP contribution in [0.5, 0.6) is 5.75 Å². The lowest BCUT2D eigenvalue weighted by Gasteiger charge is -2.17. The fraction of sp³-hybridized carbons (Fsp3) is 0.278. The van der Waals surface area contributed by atoms with Crippen molar-refractivity contribution in [2.24, 2.45) is 0 Å². The van der Waals surface area contributed by atoms with Gasteiger partial charge in [-0.15, -0.1) is 0 Å². The van der Waals surface area contributed by atoms with Gasteiger partial charge in [0.25, 0.3) is 0 Å². The Hall–Kier alpha value is -2.33. The van der Waals surface area contributed by atoms with Gasteiger partial charge in [-0.3, -0.25) is 4.79 Å². The number of aromatic hydroxyl groups is 1. The number of para-hydroxylation sites is 1. The minimum Gasteiger partial charge on any atom is -0.508 e. The summed E-state index contributed by atoms with van der Waals surface area (Å²) < 4.78 is 0. The topological polar surface area (TPSA) is 52.6 Å². The smallest absolute Gasteiger partial charge is 0.240 e. The number of nitrogens with one attached hydrogen (secondary N) is 1. The lowest BCUT2D eigenvalue weighted by Crippen LogP contribution is -2.37. The largest absolute Gasteiger partial charge is 0.508 e. The Bertz CT molecular complexity index is 643. The highest BCUT2D eigenvalue weighted by Crippen LogP contribution is 2.18. The molecular weight excluding hydrogens is 276 g/mol. The molecule has 4 nitrogen and oxygen atoms in total. The van der Waals surface area contributed by atoms with Crippen LogP contribution in [0.4, 0.5) is 0 Å². The lowest BCUT2D eigenvalue weighted by atomic mass is 10.1. The third-order valence-corrected chi connectivity index (χ3v) is 4.04. The van der Waals surface area contributed by atoms with E-state index in [1.54, 1.807) is 12.1 Å². The van der Waals surface area contributed by atoms with E-state index in [1.807, 2.05) is 47.4 Å². The highest BCUT2D eigenvalue weighted by Gasteiger charge is 2.31. The number of amides is 1. The number of phenolic OH excluding ortho intramolecular Hbond substituents is 1. The van der Waals surface area contributed by atoms with Crippen molar-refractivity contribution in [2.45, 2.75) is 25.6 Å². The van der Waals surface area contributed by atoms with Crippen molar-refractivity contribution >= 4 is 5.91 Å². The first-order valence-electron chi connectivity index (χ1n) is 7.57. The summed E-state index contributed by atoms with van der Waals surface area (Å²) in [5, 5.41) is 13.0. The number of carbonyl (C=O) groups is 1.